The van der Waals surface area contributed by atoms with Crippen LogP contribution in [0.4, 0.5) is 5.69 Å². The highest BCUT2D eigenvalue weighted by atomic mass is 79.9. The van der Waals surface area contributed by atoms with Crippen LogP contribution in [-0.2, 0) is 0 Å². The minimum atomic E-state index is -0.0862. The summed E-state index contributed by atoms with van der Waals surface area (Å²) in [7, 11) is 0. The lowest BCUT2D eigenvalue weighted by atomic mass is 10.2. The Bertz CT molecular complexity index is 724. The minimum absolute atomic E-state index is 0.0659. The molecule has 0 aliphatic heterocycles. The van der Waals surface area contributed by atoms with Gasteiger partial charge in [0.2, 0.25) is 11.3 Å². The second kappa shape index (κ2) is 7.57. The molecule has 0 aliphatic carbocycles. The average molecular weight is 446 g/mol. The number of rotatable bonds is 3. The summed E-state index contributed by atoms with van der Waals surface area (Å²) in [5.74, 6) is -0.152. The van der Waals surface area contributed by atoms with Crippen molar-refractivity contribution >= 4 is 61.1 Å². The summed E-state index contributed by atoms with van der Waals surface area (Å²) in [5.41, 5.74) is 4.10. The Balaban J connectivity index is 2.03. The van der Waals surface area contributed by atoms with Gasteiger partial charge in [0.15, 0.2) is 0 Å². The molecule has 0 aromatic heterocycles. The van der Waals surface area contributed by atoms with Crippen molar-refractivity contribution < 1.29 is 15.3 Å². The van der Waals surface area contributed by atoms with Crippen LogP contribution < -0.4 is 15.8 Å². The van der Waals surface area contributed by atoms with E-state index in [0.29, 0.717) is 15.1 Å². The number of benzene rings is 2. The van der Waals surface area contributed by atoms with Gasteiger partial charge < -0.3 is 15.5 Å². The molecule has 0 radical (unpaired) electrons. The van der Waals surface area contributed by atoms with E-state index in [1.165, 1.54) is 6.21 Å². The Morgan fingerprint density at radius 3 is 2.50 bits per heavy atom. The van der Waals surface area contributed by atoms with Gasteiger partial charge in [-0.15, -0.1) is 10.5 Å². The van der Waals surface area contributed by atoms with Gasteiger partial charge in [-0.3, -0.25) is 0 Å². The van der Waals surface area contributed by atoms with Crippen LogP contribution in [0, 0.1) is 0 Å². The van der Waals surface area contributed by atoms with E-state index >= 15 is 0 Å². The normalized spacial score (nSPS) is 10.6. The van der Waals surface area contributed by atoms with Crippen LogP contribution in [0.5, 0.6) is 11.5 Å². The topological polar surface area (TPSA) is 78.5 Å². The van der Waals surface area contributed by atoms with E-state index in [4.69, 9.17) is 12.2 Å². The molecule has 0 atom stereocenters. The van der Waals surface area contributed by atoms with Crippen molar-refractivity contribution in [3.8, 4) is 11.5 Å². The number of para-hydroxylation sites is 1. The highest BCUT2D eigenvalue weighted by Gasteiger charge is 2.14. The highest BCUT2D eigenvalue weighted by Crippen LogP contribution is 2.40. The highest BCUT2D eigenvalue weighted by molar-refractivity contribution is 9.11. The molecular formula is C14H12Br2N3O2S+. The molecular weight excluding hydrogens is 434 g/mol. The van der Waals surface area contributed by atoms with Crippen LogP contribution in [0.2, 0.25) is 0 Å². The molecule has 5 N–H and O–H groups in total. The van der Waals surface area contributed by atoms with Gasteiger partial charge in [-0.25, -0.2) is 0 Å². The third kappa shape index (κ3) is 4.19. The number of hydrazine groups is 1. The fourth-order valence-electron chi connectivity index (χ4n) is 1.59. The molecule has 0 saturated heterocycles. The Hall–Kier alpha value is -1.64. The molecule has 2 aromatic rings. The lowest BCUT2D eigenvalue weighted by Gasteiger charge is -2.05. The summed E-state index contributed by atoms with van der Waals surface area (Å²) in [5, 5.41) is 25.7. The molecule has 0 bridgehead atoms. The van der Waals surface area contributed by atoms with Gasteiger partial charge >= 0.3 is 0 Å². The molecule has 0 amide bonds. The van der Waals surface area contributed by atoms with Gasteiger partial charge in [-0.05, 0) is 62.3 Å². The van der Waals surface area contributed by atoms with Gasteiger partial charge in [0.25, 0.3) is 0 Å². The first-order chi connectivity index (χ1) is 10.5. The molecule has 0 aliphatic rings. The third-order valence-corrected chi connectivity index (χ3v) is 4.20. The van der Waals surface area contributed by atoms with Gasteiger partial charge in [-0.1, -0.05) is 18.2 Å². The predicted octanol–water partition coefficient (Wildman–Crippen LogP) is 2.02. The van der Waals surface area contributed by atoms with Crippen LogP contribution in [-0.4, -0.2) is 21.5 Å². The fourth-order valence-corrected chi connectivity index (χ4v) is 2.92. The molecule has 0 heterocycles. The molecule has 5 nitrogen and oxygen atoms in total. The van der Waals surface area contributed by atoms with Gasteiger partial charge in [0, 0.05) is 5.69 Å². The van der Waals surface area contributed by atoms with E-state index in [1.54, 1.807) is 6.07 Å². The number of hydrogen-bond acceptors (Lipinski definition) is 3. The first kappa shape index (κ1) is 16.7. The Kier molecular flexibility index (Phi) is 5.76. The Labute approximate surface area is 149 Å². The summed E-state index contributed by atoms with van der Waals surface area (Å²) < 4.78 is 0.662. The first-order valence-corrected chi connectivity index (χ1v) is 8.09. The summed E-state index contributed by atoms with van der Waals surface area (Å²) in [6.07, 6.45) is 1.52. The molecule has 0 saturated carbocycles. The van der Waals surface area contributed by atoms with Crippen LogP contribution in [0.15, 0.2) is 45.3 Å². The fraction of sp³-hybridized carbons (Fsp3) is 0. The summed E-state index contributed by atoms with van der Waals surface area (Å²) >= 11 is 11.4. The van der Waals surface area contributed by atoms with Crippen molar-refractivity contribution in [2.24, 2.45) is 0 Å². The van der Waals surface area contributed by atoms with Crippen molar-refractivity contribution in [2.45, 2.75) is 0 Å². The van der Waals surface area contributed by atoms with E-state index in [0.717, 1.165) is 5.69 Å². The van der Waals surface area contributed by atoms with Crippen molar-refractivity contribution in [1.29, 1.82) is 0 Å². The standard InChI is InChI=1S/C14H11Br2N3O2S/c15-10-6-8(12(20)11(16)13(10)21)7-17-19-14(22)18-9-4-2-1-3-5-9/h1-7,20-21H,(H2,18,19,22)/p+1/b17-7+. The Morgan fingerprint density at radius 2 is 1.82 bits per heavy atom. The molecule has 0 unspecified atom stereocenters. The van der Waals surface area contributed by atoms with Crippen LogP contribution in [0.1, 0.15) is 5.56 Å². The molecule has 22 heavy (non-hydrogen) atoms. The SMILES string of the molecule is Oc1c(Br)cc(/C=[NH+]/NC(=S)Nc2ccccc2)c(O)c1Br. The monoisotopic (exact) mass is 444 g/mol. The second-order valence-electron chi connectivity index (χ2n) is 4.19. The van der Waals surface area contributed by atoms with E-state index in [-0.39, 0.29) is 16.0 Å². The van der Waals surface area contributed by atoms with Crippen molar-refractivity contribution in [1.82, 2.24) is 5.43 Å². The summed E-state index contributed by atoms with van der Waals surface area (Å²) in [4.78, 5) is 0. The molecule has 2 aromatic carbocycles. The second-order valence-corrected chi connectivity index (χ2v) is 6.25. The van der Waals surface area contributed by atoms with Crippen molar-refractivity contribution in [3.63, 3.8) is 0 Å². The quantitative estimate of drug-likeness (QED) is 0.284. The van der Waals surface area contributed by atoms with Crippen molar-refractivity contribution in [3.05, 3.63) is 50.9 Å². The number of aromatic hydroxyl groups is 2. The summed E-state index contributed by atoms with van der Waals surface area (Å²) in [6, 6.07) is 11.0. The molecule has 8 heteroatoms. The van der Waals surface area contributed by atoms with E-state index in [1.807, 2.05) is 30.3 Å². The molecule has 0 fully saturated rings. The number of thiocarbonyl (C=S) groups is 1. The molecule has 2 rings (SSSR count). The minimum Gasteiger partial charge on any atom is -0.506 e. The largest absolute Gasteiger partial charge is 0.506 e. The van der Waals surface area contributed by atoms with Crippen LogP contribution >= 0.6 is 44.1 Å². The number of anilines is 1. The summed E-state index contributed by atoms with van der Waals surface area (Å²) in [6.45, 7) is 0. The number of phenolic OH excluding ortho intramolecular Hbond substituents is 2. The van der Waals surface area contributed by atoms with E-state index in [2.05, 4.69) is 47.7 Å². The Morgan fingerprint density at radius 1 is 1.14 bits per heavy atom. The first-order valence-electron chi connectivity index (χ1n) is 6.09. The van der Waals surface area contributed by atoms with Gasteiger partial charge in [-0.2, -0.15) is 0 Å². The van der Waals surface area contributed by atoms with Crippen LogP contribution in [0.25, 0.3) is 0 Å². The molecule has 114 valence electrons. The van der Waals surface area contributed by atoms with Crippen molar-refractivity contribution in [2.75, 3.05) is 5.32 Å². The van der Waals surface area contributed by atoms with Gasteiger partial charge in [0.1, 0.15) is 16.0 Å². The number of halogens is 2. The maximum atomic E-state index is 9.93. The van der Waals surface area contributed by atoms with E-state index in [9.17, 15) is 10.2 Å². The smallest absolute Gasteiger partial charge is 0.228 e. The van der Waals surface area contributed by atoms with E-state index < -0.39 is 0 Å². The zero-order valence-corrected chi connectivity index (χ0v) is 15.1. The zero-order valence-electron chi connectivity index (χ0n) is 11.1. The lowest BCUT2D eigenvalue weighted by Crippen LogP contribution is -2.82. The zero-order chi connectivity index (χ0) is 16.1. The average Bonchev–Trinajstić information content (AvgIpc) is 2.51. The number of hydrogen-bond donors (Lipinski definition) is 5. The van der Waals surface area contributed by atoms with Crippen LogP contribution in [0.3, 0.4) is 0 Å². The maximum Gasteiger partial charge on any atom is 0.228 e. The predicted molar refractivity (Wildman–Crippen MR) is 97.1 cm³/mol. The number of hydrazone groups is 1. The third-order valence-electron chi connectivity index (χ3n) is 2.64. The molecule has 0 spiro atoms. The van der Waals surface area contributed by atoms with Gasteiger partial charge in [0.05, 0.1) is 10.0 Å². The maximum absolute atomic E-state index is 9.93. The number of phenols is 2. The lowest BCUT2D eigenvalue weighted by molar-refractivity contribution is -0.499. The number of nitrogens with one attached hydrogen (secondary N) is 3.